The zero-order chi connectivity index (χ0) is 25.7. The van der Waals surface area contributed by atoms with Crippen LogP contribution in [-0.2, 0) is 11.2 Å². The van der Waals surface area contributed by atoms with Crippen molar-refractivity contribution >= 4 is 23.6 Å². The molecule has 188 valence electrons. The van der Waals surface area contributed by atoms with E-state index in [4.69, 9.17) is 4.74 Å². The highest BCUT2D eigenvalue weighted by atomic mass is 16.5. The van der Waals surface area contributed by atoms with E-state index >= 15 is 0 Å². The number of benzene rings is 1. The third-order valence-electron chi connectivity index (χ3n) is 6.15. The van der Waals surface area contributed by atoms with Crippen molar-refractivity contribution in [2.75, 3.05) is 31.6 Å². The normalized spacial score (nSPS) is 15.7. The summed E-state index contributed by atoms with van der Waals surface area (Å²) in [5.74, 6) is -0.499. The zero-order valence-corrected chi connectivity index (χ0v) is 21.5. The molecular weight excluding hydrogens is 446 g/mol. The molecule has 1 atom stereocenters. The monoisotopic (exact) mass is 481 g/mol. The number of rotatable bonds is 6. The number of hydrogen-bond donors (Lipinski definition) is 1. The molecular formula is C26H35N5O4. The molecule has 35 heavy (non-hydrogen) atoms. The maximum atomic E-state index is 13.5. The average molecular weight is 482 g/mol. The fourth-order valence-electron chi connectivity index (χ4n) is 4.40. The van der Waals surface area contributed by atoms with Gasteiger partial charge in [-0.2, -0.15) is 0 Å². The van der Waals surface area contributed by atoms with Crippen molar-refractivity contribution in [2.24, 2.45) is 0 Å². The maximum absolute atomic E-state index is 13.5. The predicted molar refractivity (Wildman–Crippen MR) is 134 cm³/mol. The van der Waals surface area contributed by atoms with Gasteiger partial charge in [-0.25, -0.2) is 19.6 Å². The molecule has 9 heteroatoms. The Balaban J connectivity index is 1.80. The maximum Gasteiger partial charge on any atom is 0.342 e. The quantitative estimate of drug-likeness (QED) is 0.627. The molecule has 1 aliphatic heterocycles. The van der Waals surface area contributed by atoms with E-state index in [0.29, 0.717) is 37.6 Å². The van der Waals surface area contributed by atoms with Crippen LogP contribution in [0.5, 0.6) is 0 Å². The fourth-order valence-corrected chi connectivity index (χ4v) is 4.40. The van der Waals surface area contributed by atoms with Crippen LogP contribution in [0.4, 0.5) is 10.5 Å². The van der Waals surface area contributed by atoms with E-state index < -0.39 is 5.97 Å². The van der Waals surface area contributed by atoms with Gasteiger partial charge < -0.3 is 19.9 Å². The summed E-state index contributed by atoms with van der Waals surface area (Å²) in [5.41, 5.74) is 3.54. The van der Waals surface area contributed by atoms with Gasteiger partial charge in [-0.15, -0.1) is 0 Å². The number of nitrogens with one attached hydrogen (secondary N) is 1. The van der Waals surface area contributed by atoms with Crippen molar-refractivity contribution < 1.29 is 19.1 Å². The Bertz CT molecular complexity index is 1100. The molecule has 9 nitrogen and oxygen atoms in total. The summed E-state index contributed by atoms with van der Waals surface area (Å²) < 4.78 is 5.23. The Labute approximate surface area is 206 Å². The van der Waals surface area contributed by atoms with Gasteiger partial charge in [0.25, 0.3) is 5.91 Å². The summed E-state index contributed by atoms with van der Waals surface area (Å²) in [6.45, 7) is 12.5. The van der Waals surface area contributed by atoms with Crippen LogP contribution < -0.4 is 5.32 Å². The smallest absolute Gasteiger partial charge is 0.342 e. The Morgan fingerprint density at radius 3 is 2.37 bits per heavy atom. The molecule has 3 rings (SSSR count). The first-order valence-electron chi connectivity index (χ1n) is 12.2. The van der Waals surface area contributed by atoms with Crippen molar-refractivity contribution in [3.05, 3.63) is 52.1 Å². The second kappa shape index (κ2) is 11.3. The van der Waals surface area contributed by atoms with Crippen molar-refractivity contribution in [3.8, 4) is 0 Å². The number of aryl methyl sites for hydroxylation is 4. The van der Waals surface area contributed by atoms with Gasteiger partial charge >= 0.3 is 12.0 Å². The van der Waals surface area contributed by atoms with Gasteiger partial charge in [-0.3, -0.25) is 4.79 Å². The molecule has 0 aliphatic carbocycles. The van der Waals surface area contributed by atoms with Gasteiger partial charge in [0, 0.05) is 31.4 Å². The number of ether oxygens (including phenoxy) is 1. The second-order valence-electron chi connectivity index (χ2n) is 8.90. The molecule has 1 aromatic carbocycles. The summed E-state index contributed by atoms with van der Waals surface area (Å²) >= 11 is 0. The molecule has 1 N–H and O–H groups in total. The molecule has 2 heterocycles. The van der Waals surface area contributed by atoms with Crippen LogP contribution in [0.3, 0.4) is 0 Å². The highest BCUT2D eigenvalue weighted by molar-refractivity contribution is 6.04. The molecule has 1 aliphatic rings. The largest absolute Gasteiger partial charge is 0.462 e. The predicted octanol–water partition coefficient (Wildman–Crippen LogP) is 3.91. The standard InChI is InChI=1S/C26H35N5O4/c1-7-10-20-21(25(33)35-8-2)23(28-19(6)27-20)24(32)30-13-14-31(18(5)15-30)26(34)29-22-16(3)11-9-12-17(22)4/h9,11-12,18H,7-8,10,13-15H2,1-6H3,(H,29,34). The van der Waals surface area contributed by atoms with Crippen molar-refractivity contribution in [2.45, 2.75) is 60.4 Å². The number of nitrogens with zero attached hydrogens (tertiary/aromatic N) is 4. The number of urea groups is 1. The minimum absolute atomic E-state index is 0.0695. The van der Waals surface area contributed by atoms with Crippen LogP contribution in [0.1, 0.15) is 70.7 Å². The van der Waals surface area contributed by atoms with Crippen molar-refractivity contribution in [1.29, 1.82) is 0 Å². The number of carbonyl (C=O) groups is 3. The second-order valence-corrected chi connectivity index (χ2v) is 8.90. The molecule has 0 bridgehead atoms. The Kier molecular flexibility index (Phi) is 8.43. The lowest BCUT2D eigenvalue weighted by molar-refractivity contribution is 0.0502. The van der Waals surface area contributed by atoms with E-state index in [0.717, 1.165) is 23.2 Å². The van der Waals surface area contributed by atoms with E-state index in [1.807, 2.05) is 45.9 Å². The molecule has 0 saturated carbocycles. The van der Waals surface area contributed by atoms with E-state index in [1.165, 1.54) is 0 Å². The van der Waals surface area contributed by atoms with E-state index in [9.17, 15) is 14.4 Å². The summed E-state index contributed by atoms with van der Waals surface area (Å²) in [7, 11) is 0. The number of esters is 1. The van der Waals surface area contributed by atoms with Crippen LogP contribution in [-0.4, -0.2) is 70.0 Å². The number of carbonyl (C=O) groups excluding carboxylic acids is 3. The van der Waals surface area contributed by atoms with Crippen molar-refractivity contribution in [3.63, 3.8) is 0 Å². The molecule has 1 fully saturated rings. The number of piperazine rings is 1. The lowest BCUT2D eigenvalue weighted by Gasteiger charge is -2.40. The van der Waals surface area contributed by atoms with Crippen molar-refractivity contribution in [1.82, 2.24) is 19.8 Å². The Hall–Kier alpha value is -3.49. The summed E-state index contributed by atoms with van der Waals surface area (Å²) in [5, 5.41) is 3.02. The topological polar surface area (TPSA) is 105 Å². The van der Waals surface area contributed by atoms with E-state index in [1.54, 1.807) is 23.6 Å². The van der Waals surface area contributed by atoms with Gasteiger partial charge in [-0.05, 0) is 52.2 Å². The lowest BCUT2D eigenvalue weighted by atomic mass is 10.1. The minimum atomic E-state index is -0.584. The third-order valence-corrected chi connectivity index (χ3v) is 6.15. The van der Waals surface area contributed by atoms with Gasteiger partial charge in [0.2, 0.25) is 0 Å². The number of hydrogen-bond acceptors (Lipinski definition) is 6. The van der Waals surface area contributed by atoms with Crippen LogP contribution >= 0.6 is 0 Å². The lowest BCUT2D eigenvalue weighted by Crippen LogP contribution is -2.56. The number of para-hydroxylation sites is 1. The molecule has 1 saturated heterocycles. The molecule has 3 amide bonds. The van der Waals surface area contributed by atoms with Gasteiger partial charge in [-0.1, -0.05) is 31.5 Å². The highest BCUT2D eigenvalue weighted by Crippen LogP contribution is 2.23. The van der Waals surface area contributed by atoms with E-state index in [-0.39, 0.29) is 35.8 Å². The SMILES string of the molecule is CCCc1nc(C)nc(C(=O)N2CCN(C(=O)Nc3c(C)cccc3C)C(C)C2)c1C(=O)OCC. The Morgan fingerprint density at radius 2 is 1.77 bits per heavy atom. The summed E-state index contributed by atoms with van der Waals surface area (Å²) in [6, 6.07) is 5.46. The van der Waals surface area contributed by atoms with Crippen LogP contribution in [0.2, 0.25) is 0 Å². The highest BCUT2D eigenvalue weighted by Gasteiger charge is 2.34. The van der Waals surface area contributed by atoms with Crippen LogP contribution in [0.15, 0.2) is 18.2 Å². The number of amides is 3. The number of aromatic nitrogens is 2. The Morgan fingerprint density at radius 1 is 1.09 bits per heavy atom. The first kappa shape index (κ1) is 26.1. The molecule has 1 unspecified atom stereocenters. The summed E-state index contributed by atoms with van der Waals surface area (Å²) in [4.78, 5) is 51.5. The average Bonchev–Trinajstić information content (AvgIpc) is 2.80. The molecule has 0 spiro atoms. The third kappa shape index (κ3) is 5.78. The number of anilines is 1. The first-order valence-corrected chi connectivity index (χ1v) is 12.2. The fraction of sp³-hybridized carbons (Fsp3) is 0.500. The first-order chi connectivity index (χ1) is 16.7. The minimum Gasteiger partial charge on any atom is -0.462 e. The van der Waals surface area contributed by atoms with Crippen LogP contribution in [0, 0.1) is 20.8 Å². The van der Waals surface area contributed by atoms with Gasteiger partial charge in [0.1, 0.15) is 17.1 Å². The molecule has 1 aromatic heterocycles. The van der Waals surface area contributed by atoms with E-state index in [2.05, 4.69) is 15.3 Å². The molecule has 0 radical (unpaired) electrons. The van der Waals surface area contributed by atoms with Gasteiger partial charge in [0.15, 0.2) is 0 Å². The van der Waals surface area contributed by atoms with Crippen LogP contribution in [0.25, 0.3) is 0 Å². The van der Waals surface area contributed by atoms with Gasteiger partial charge in [0.05, 0.1) is 12.3 Å². The molecule has 2 aromatic rings. The zero-order valence-electron chi connectivity index (χ0n) is 21.5. The summed E-state index contributed by atoms with van der Waals surface area (Å²) in [6.07, 6.45) is 1.31.